The fourth-order valence-electron chi connectivity index (χ4n) is 4.92. The van der Waals surface area contributed by atoms with E-state index in [0.29, 0.717) is 32.0 Å². The van der Waals surface area contributed by atoms with Gasteiger partial charge in [0.2, 0.25) is 0 Å². The van der Waals surface area contributed by atoms with E-state index in [0.717, 1.165) is 40.5 Å². The number of carbonyl (C=O) groups excluding carboxylic acids is 1. The van der Waals surface area contributed by atoms with Crippen LogP contribution in [0.3, 0.4) is 0 Å². The molecule has 12 heteroatoms. The van der Waals surface area contributed by atoms with E-state index in [1.54, 1.807) is 10.9 Å². The van der Waals surface area contributed by atoms with Crippen LogP contribution in [0.15, 0.2) is 54.7 Å². The first-order valence-electron chi connectivity index (χ1n) is 13.0. The van der Waals surface area contributed by atoms with Gasteiger partial charge in [-0.15, -0.1) is 10.2 Å². The van der Waals surface area contributed by atoms with Gasteiger partial charge >= 0.3 is 6.18 Å². The molecule has 3 heterocycles. The van der Waals surface area contributed by atoms with Crippen LogP contribution in [0.5, 0.6) is 11.5 Å². The number of halogens is 4. The molecule has 1 aliphatic rings. The fourth-order valence-corrected chi connectivity index (χ4v) is 4.92. The van der Waals surface area contributed by atoms with E-state index in [9.17, 15) is 22.4 Å². The molecular formula is C29H28F4N6O2. The van der Waals surface area contributed by atoms with Crippen LogP contribution in [-0.2, 0) is 13.2 Å². The van der Waals surface area contributed by atoms with Gasteiger partial charge in [-0.05, 0) is 74.2 Å². The standard InChI is InChI=1S/C29H28F4N6O2/c1-17-18(2)27(37-36-26(17)24-10-13-34-38(24)3)39-14-11-19(12-15-39)35-28(40)21-9-8-20(16-22(21)29(31,32)33)41-25-7-5-4-6-23(25)30/h4-10,13,16,19H,11-12,14-15H2,1-3H3,(H,35,40). The largest absolute Gasteiger partial charge is 0.454 e. The van der Waals surface area contributed by atoms with Crippen LogP contribution in [0.4, 0.5) is 23.4 Å². The molecule has 41 heavy (non-hydrogen) atoms. The summed E-state index contributed by atoms with van der Waals surface area (Å²) in [6.07, 6.45) is -2.08. The summed E-state index contributed by atoms with van der Waals surface area (Å²) in [7, 11) is 1.84. The van der Waals surface area contributed by atoms with Crippen LogP contribution in [0.1, 0.15) is 39.9 Å². The number of ether oxygens (including phenoxy) is 1. The first-order valence-corrected chi connectivity index (χ1v) is 13.0. The van der Waals surface area contributed by atoms with E-state index in [2.05, 4.69) is 25.5 Å². The predicted octanol–water partition coefficient (Wildman–Crippen LogP) is 5.84. The zero-order chi connectivity index (χ0) is 29.3. The average molecular weight is 569 g/mol. The molecule has 0 unspecified atom stereocenters. The molecule has 8 nitrogen and oxygen atoms in total. The third-order valence-electron chi connectivity index (χ3n) is 7.30. The maximum absolute atomic E-state index is 13.9. The second-order valence-electron chi connectivity index (χ2n) is 9.93. The Kier molecular flexibility index (Phi) is 7.65. The summed E-state index contributed by atoms with van der Waals surface area (Å²) in [5.74, 6) is -1.25. The molecule has 0 radical (unpaired) electrons. The highest BCUT2D eigenvalue weighted by molar-refractivity contribution is 5.96. The Morgan fingerprint density at radius 3 is 2.41 bits per heavy atom. The number of piperidine rings is 1. The summed E-state index contributed by atoms with van der Waals surface area (Å²) < 4.78 is 62.7. The molecule has 1 N–H and O–H groups in total. The number of aromatic nitrogens is 4. The third kappa shape index (κ3) is 5.86. The normalized spacial score (nSPS) is 14.3. The van der Waals surface area contributed by atoms with Gasteiger partial charge in [-0.1, -0.05) is 12.1 Å². The minimum Gasteiger partial charge on any atom is -0.454 e. The van der Waals surface area contributed by atoms with Gasteiger partial charge in [-0.25, -0.2) is 4.39 Å². The smallest absolute Gasteiger partial charge is 0.417 e. The molecule has 5 rings (SSSR count). The number of benzene rings is 2. The summed E-state index contributed by atoms with van der Waals surface area (Å²) in [5.41, 5.74) is 1.89. The lowest BCUT2D eigenvalue weighted by Gasteiger charge is -2.34. The second kappa shape index (κ2) is 11.2. The Morgan fingerprint density at radius 1 is 1.02 bits per heavy atom. The zero-order valence-electron chi connectivity index (χ0n) is 22.7. The van der Waals surface area contributed by atoms with Crippen LogP contribution in [-0.4, -0.2) is 45.0 Å². The quantitative estimate of drug-likeness (QED) is 0.294. The highest BCUT2D eigenvalue weighted by Crippen LogP contribution is 2.36. The number of hydrogen-bond donors (Lipinski definition) is 1. The highest BCUT2D eigenvalue weighted by atomic mass is 19.4. The maximum Gasteiger partial charge on any atom is 0.417 e. The van der Waals surface area contributed by atoms with Crippen molar-refractivity contribution in [2.24, 2.45) is 7.05 Å². The number of nitrogens with zero attached hydrogens (tertiary/aromatic N) is 5. The Hall–Kier alpha value is -4.48. The molecule has 2 aromatic carbocycles. The van der Waals surface area contributed by atoms with Gasteiger partial charge in [0, 0.05) is 32.4 Å². The molecular weight excluding hydrogens is 540 g/mol. The molecule has 0 spiro atoms. The Morgan fingerprint density at radius 2 is 1.76 bits per heavy atom. The summed E-state index contributed by atoms with van der Waals surface area (Å²) >= 11 is 0. The lowest BCUT2D eigenvalue weighted by Crippen LogP contribution is -2.45. The van der Waals surface area contributed by atoms with Gasteiger partial charge in [0.1, 0.15) is 11.4 Å². The van der Waals surface area contributed by atoms with Crippen molar-refractivity contribution in [1.82, 2.24) is 25.3 Å². The number of amides is 1. The van der Waals surface area contributed by atoms with E-state index in [-0.39, 0.29) is 17.5 Å². The molecule has 4 aromatic rings. The van der Waals surface area contributed by atoms with E-state index >= 15 is 0 Å². The van der Waals surface area contributed by atoms with Gasteiger partial charge in [0.25, 0.3) is 5.91 Å². The molecule has 0 aliphatic carbocycles. The van der Waals surface area contributed by atoms with Crippen molar-refractivity contribution in [1.29, 1.82) is 0 Å². The van der Waals surface area contributed by atoms with Crippen molar-refractivity contribution in [3.05, 3.63) is 82.8 Å². The van der Waals surface area contributed by atoms with Crippen molar-refractivity contribution in [2.45, 2.75) is 38.9 Å². The maximum atomic E-state index is 13.9. The van der Waals surface area contributed by atoms with Crippen LogP contribution >= 0.6 is 0 Å². The fraction of sp³-hybridized carbons (Fsp3) is 0.310. The van der Waals surface area contributed by atoms with Crippen molar-refractivity contribution in [3.8, 4) is 22.9 Å². The average Bonchev–Trinajstić information content (AvgIpc) is 3.37. The van der Waals surface area contributed by atoms with Crippen LogP contribution in [0.2, 0.25) is 0 Å². The topological polar surface area (TPSA) is 85.2 Å². The molecule has 1 aliphatic heterocycles. The number of rotatable bonds is 6. The Labute approximate surface area is 234 Å². The van der Waals surface area contributed by atoms with Gasteiger partial charge in [-0.3, -0.25) is 9.48 Å². The van der Waals surface area contributed by atoms with Crippen LogP contribution in [0, 0.1) is 19.7 Å². The van der Waals surface area contributed by atoms with E-state index in [4.69, 9.17) is 4.74 Å². The summed E-state index contributed by atoms with van der Waals surface area (Å²) in [4.78, 5) is 15.0. The number of para-hydroxylation sites is 1. The first-order chi connectivity index (χ1) is 19.5. The van der Waals surface area contributed by atoms with Crippen molar-refractivity contribution in [2.75, 3.05) is 18.0 Å². The van der Waals surface area contributed by atoms with Crippen LogP contribution in [0.25, 0.3) is 11.4 Å². The second-order valence-corrected chi connectivity index (χ2v) is 9.93. The molecule has 0 atom stereocenters. The number of carbonyl (C=O) groups is 1. The Balaban J connectivity index is 1.26. The number of nitrogens with one attached hydrogen (secondary N) is 1. The Bertz CT molecular complexity index is 1580. The summed E-state index contributed by atoms with van der Waals surface area (Å²) in [5, 5.41) is 15.8. The molecule has 2 aromatic heterocycles. The summed E-state index contributed by atoms with van der Waals surface area (Å²) in [6.45, 7) is 5.05. The molecule has 0 bridgehead atoms. The van der Waals surface area contributed by atoms with E-state index in [1.165, 1.54) is 24.3 Å². The van der Waals surface area contributed by atoms with Gasteiger partial charge < -0.3 is 15.0 Å². The number of hydrogen-bond acceptors (Lipinski definition) is 6. The summed E-state index contributed by atoms with van der Waals surface area (Å²) in [6, 6.07) is 9.92. The van der Waals surface area contributed by atoms with E-state index in [1.807, 2.05) is 27.0 Å². The zero-order valence-corrected chi connectivity index (χ0v) is 22.7. The molecule has 0 saturated carbocycles. The van der Waals surface area contributed by atoms with Gasteiger partial charge in [0.15, 0.2) is 17.4 Å². The van der Waals surface area contributed by atoms with Gasteiger partial charge in [-0.2, -0.15) is 18.3 Å². The SMILES string of the molecule is Cc1c(-c2ccnn2C)nnc(N2CCC(NC(=O)c3ccc(Oc4ccccc4F)cc3C(F)(F)F)CC2)c1C. The lowest BCUT2D eigenvalue weighted by atomic mass is 10.0. The van der Waals surface area contributed by atoms with Crippen LogP contribution < -0.4 is 15.0 Å². The third-order valence-corrected chi connectivity index (χ3v) is 7.30. The molecule has 1 amide bonds. The lowest BCUT2D eigenvalue weighted by molar-refractivity contribution is -0.138. The highest BCUT2D eigenvalue weighted by Gasteiger charge is 2.36. The molecule has 1 fully saturated rings. The van der Waals surface area contributed by atoms with Gasteiger partial charge in [0.05, 0.1) is 16.8 Å². The predicted molar refractivity (Wildman–Crippen MR) is 144 cm³/mol. The molecule has 214 valence electrons. The van der Waals surface area contributed by atoms with Crippen molar-refractivity contribution < 1.29 is 27.1 Å². The minimum atomic E-state index is -4.82. The number of aryl methyl sites for hydroxylation is 1. The molecule has 1 saturated heterocycles. The number of anilines is 1. The van der Waals surface area contributed by atoms with Crippen molar-refractivity contribution in [3.63, 3.8) is 0 Å². The van der Waals surface area contributed by atoms with Crippen molar-refractivity contribution >= 4 is 11.7 Å². The first kappa shape index (κ1) is 28.1. The van der Waals surface area contributed by atoms with E-state index < -0.39 is 29.0 Å². The minimum absolute atomic E-state index is 0.216. The number of alkyl halides is 3. The monoisotopic (exact) mass is 568 g/mol.